The van der Waals surface area contributed by atoms with Gasteiger partial charge in [0.15, 0.2) is 5.69 Å². The van der Waals surface area contributed by atoms with Gasteiger partial charge in [-0.05, 0) is 35.9 Å². The van der Waals surface area contributed by atoms with Crippen LogP contribution in [-0.4, -0.2) is 22.4 Å². The molecule has 156 valence electrons. The van der Waals surface area contributed by atoms with Gasteiger partial charge in [-0.25, -0.2) is 9.37 Å². The van der Waals surface area contributed by atoms with Gasteiger partial charge in [0.25, 0.3) is 5.91 Å². The third-order valence-electron chi connectivity index (χ3n) is 4.16. The van der Waals surface area contributed by atoms with Gasteiger partial charge in [0.05, 0.1) is 12.1 Å². The van der Waals surface area contributed by atoms with E-state index in [0.29, 0.717) is 11.1 Å². The van der Waals surface area contributed by atoms with Gasteiger partial charge < -0.3 is 5.32 Å². The monoisotopic (exact) mass is 441 g/mol. The lowest BCUT2D eigenvalue weighted by Gasteiger charge is -2.15. The second kappa shape index (κ2) is 8.74. The molecule has 1 amide bonds. The minimum atomic E-state index is -4.82. The number of benzene rings is 1. The average molecular weight is 442 g/mol. The number of halogens is 6. The molecule has 1 unspecified atom stereocenters. The zero-order valence-electron chi connectivity index (χ0n) is 15.1. The molecule has 1 N–H and O–H groups in total. The first kappa shape index (κ1) is 21.6. The number of alkyl halides is 4. The molecule has 30 heavy (non-hydrogen) atoms. The molecule has 2 heterocycles. The third-order valence-corrected chi connectivity index (χ3v) is 4.49. The Hall–Kier alpha value is -3.07. The number of hydrogen-bond acceptors (Lipinski definition) is 3. The molecule has 0 bridgehead atoms. The molecular weight excluding hydrogens is 429 g/mol. The van der Waals surface area contributed by atoms with E-state index in [4.69, 9.17) is 11.6 Å². The smallest absolute Gasteiger partial charge is 0.349 e. The maximum Gasteiger partial charge on any atom is 0.434 e. The summed E-state index contributed by atoms with van der Waals surface area (Å²) in [7, 11) is 0. The summed E-state index contributed by atoms with van der Waals surface area (Å²) >= 11 is 6.12. The molecule has 0 aliphatic carbocycles. The Morgan fingerprint density at radius 2 is 1.83 bits per heavy atom. The highest BCUT2D eigenvalue weighted by molar-refractivity contribution is 6.31. The minimum Gasteiger partial charge on any atom is -0.349 e. The fourth-order valence-electron chi connectivity index (χ4n) is 2.71. The van der Waals surface area contributed by atoms with Gasteiger partial charge in [-0.3, -0.25) is 9.78 Å². The Morgan fingerprint density at radius 1 is 1.10 bits per heavy atom. The Balaban J connectivity index is 1.72. The molecule has 0 radical (unpaired) electrons. The van der Waals surface area contributed by atoms with Crippen molar-refractivity contribution in [2.24, 2.45) is 0 Å². The van der Waals surface area contributed by atoms with Crippen molar-refractivity contribution >= 4 is 17.5 Å². The number of amides is 1. The maximum atomic E-state index is 14.6. The van der Waals surface area contributed by atoms with Gasteiger partial charge in [0.1, 0.15) is 6.17 Å². The summed E-state index contributed by atoms with van der Waals surface area (Å²) in [6.07, 6.45) is -4.39. The van der Waals surface area contributed by atoms with E-state index < -0.39 is 42.0 Å². The number of carbonyl (C=O) groups is 1. The normalized spacial score (nSPS) is 12.5. The molecule has 0 saturated heterocycles. The second-order valence-electron chi connectivity index (χ2n) is 6.18. The summed E-state index contributed by atoms with van der Waals surface area (Å²) < 4.78 is 66.4. The predicted octanol–water partition coefficient (Wildman–Crippen LogP) is 5.40. The minimum absolute atomic E-state index is 0.0379. The summed E-state index contributed by atoms with van der Waals surface area (Å²) in [5.41, 5.74) is -0.892. The molecule has 0 saturated carbocycles. The lowest BCUT2D eigenvalue weighted by molar-refractivity contribution is -0.141. The molecule has 1 aromatic carbocycles. The van der Waals surface area contributed by atoms with Crippen LogP contribution < -0.4 is 5.32 Å². The van der Waals surface area contributed by atoms with Gasteiger partial charge >= 0.3 is 6.18 Å². The lowest BCUT2D eigenvalue weighted by atomic mass is 10.0. The zero-order valence-corrected chi connectivity index (χ0v) is 15.8. The van der Waals surface area contributed by atoms with Crippen LogP contribution in [-0.2, 0) is 6.18 Å². The van der Waals surface area contributed by atoms with Gasteiger partial charge in [0, 0.05) is 28.5 Å². The van der Waals surface area contributed by atoms with E-state index in [9.17, 15) is 26.7 Å². The van der Waals surface area contributed by atoms with Gasteiger partial charge in [-0.2, -0.15) is 17.6 Å². The number of nitrogens with one attached hydrogen (secondary N) is 1. The number of hydrogen-bond donors (Lipinski definition) is 1. The molecule has 3 aromatic rings. The molecule has 3 rings (SSSR count). The van der Waals surface area contributed by atoms with Crippen LogP contribution in [0.2, 0.25) is 5.02 Å². The standard InChI is InChI=1S/C20H13ClF5N3O/c21-15-8-11(12-4-6-17(23)28-9-12)3-5-13(15)16(22)10-29-19(30)14-2-1-7-27-18(14)20(24,25)26/h1-9,16H,10H2,(H,29,30). The van der Waals surface area contributed by atoms with Crippen molar-refractivity contribution in [2.45, 2.75) is 12.3 Å². The summed E-state index contributed by atoms with van der Waals surface area (Å²) in [5.74, 6) is -1.76. The molecule has 0 spiro atoms. The van der Waals surface area contributed by atoms with Crippen LogP contribution >= 0.6 is 11.6 Å². The molecule has 2 aromatic heterocycles. The largest absolute Gasteiger partial charge is 0.434 e. The molecule has 10 heteroatoms. The van der Waals surface area contributed by atoms with E-state index in [-0.39, 0.29) is 10.6 Å². The molecule has 1 atom stereocenters. The van der Waals surface area contributed by atoms with E-state index in [0.717, 1.165) is 18.3 Å². The summed E-state index contributed by atoms with van der Waals surface area (Å²) in [5, 5.41) is 2.16. The first-order valence-corrected chi connectivity index (χ1v) is 8.90. The van der Waals surface area contributed by atoms with Gasteiger partial charge in [0.2, 0.25) is 5.95 Å². The zero-order chi connectivity index (χ0) is 21.9. The van der Waals surface area contributed by atoms with Crippen LogP contribution in [0.3, 0.4) is 0 Å². The van der Waals surface area contributed by atoms with Crippen molar-refractivity contribution in [1.29, 1.82) is 0 Å². The van der Waals surface area contributed by atoms with Gasteiger partial charge in [-0.15, -0.1) is 0 Å². The second-order valence-corrected chi connectivity index (χ2v) is 6.59. The Kier molecular flexibility index (Phi) is 6.31. The summed E-state index contributed by atoms with van der Waals surface area (Å²) in [4.78, 5) is 18.8. The van der Waals surface area contributed by atoms with Crippen LogP contribution in [0.15, 0.2) is 54.9 Å². The average Bonchev–Trinajstić information content (AvgIpc) is 2.71. The third kappa shape index (κ3) is 4.91. The van der Waals surface area contributed by atoms with Crippen molar-refractivity contribution in [3.63, 3.8) is 0 Å². The van der Waals surface area contributed by atoms with Crippen molar-refractivity contribution in [3.05, 3.63) is 82.6 Å². The number of pyridine rings is 2. The van der Waals surface area contributed by atoms with Crippen molar-refractivity contribution < 1.29 is 26.7 Å². The van der Waals surface area contributed by atoms with Crippen LogP contribution in [0.25, 0.3) is 11.1 Å². The SMILES string of the molecule is O=C(NCC(F)c1ccc(-c2ccc(F)nc2)cc1Cl)c1cccnc1C(F)(F)F. The molecule has 0 aliphatic rings. The maximum absolute atomic E-state index is 14.6. The molecule has 4 nitrogen and oxygen atoms in total. The Labute approximate surface area is 172 Å². The highest BCUT2D eigenvalue weighted by atomic mass is 35.5. The van der Waals surface area contributed by atoms with Crippen molar-refractivity contribution in [2.75, 3.05) is 6.54 Å². The fourth-order valence-corrected chi connectivity index (χ4v) is 3.01. The van der Waals surface area contributed by atoms with Crippen molar-refractivity contribution in [3.8, 4) is 11.1 Å². The van der Waals surface area contributed by atoms with Crippen LogP contribution in [0, 0.1) is 5.95 Å². The van der Waals surface area contributed by atoms with E-state index >= 15 is 0 Å². The van der Waals surface area contributed by atoms with E-state index in [1.165, 1.54) is 36.5 Å². The highest BCUT2D eigenvalue weighted by Gasteiger charge is 2.37. The highest BCUT2D eigenvalue weighted by Crippen LogP contribution is 2.32. The molecular formula is C20H13ClF5N3O. The fraction of sp³-hybridized carbons (Fsp3) is 0.150. The number of nitrogens with zero attached hydrogens (tertiary/aromatic N) is 2. The lowest BCUT2D eigenvalue weighted by Crippen LogP contribution is -2.29. The number of carbonyl (C=O) groups excluding carboxylic acids is 1. The van der Waals surface area contributed by atoms with E-state index in [2.05, 4.69) is 15.3 Å². The number of aromatic nitrogens is 2. The quantitative estimate of drug-likeness (QED) is 0.426. The first-order chi connectivity index (χ1) is 14.2. The van der Waals surface area contributed by atoms with E-state index in [1.54, 1.807) is 0 Å². The molecule has 0 fully saturated rings. The predicted molar refractivity (Wildman–Crippen MR) is 100 cm³/mol. The van der Waals surface area contributed by atoms with E-state index in [1.807, 2.05) is 0 Å². The van der Waals surface area contributed by atoms with Crippen LogP contribution in [0.5, 0.6) is 0 Å². The Bertz CT molecular complexity index is 1060. The first-order valence-electron chi connectivity index (χ1n) is 8.52. The topological polar surface area (TPSA) is 54.9 Å². The Morgan fingerprint density at radius 3 is 2.47 bits per heavy atom. The summed E-state index contributed by atoms with van der Waals surface area (Å²) in [6, 6.07) is 9.14. The van der Waals surface area contributed by atoms with Crippen molar-refractivity contribution in [1.82, 2.24) is 15.3 Å². The van der Waals surface area contributed by atoms with Crippen LogP contribution in [0.1, 0.15) is 27.8 Å². The summed E-state index contributed by atoms with van der Waals surface area (Å²) in [6.45, 7) is -0.595. The number of rotatable bonds is 5. The van der Waals surface area contributed by atoms with Gasteiger partial charge in [-0.1, -0.05) is 23.7 Å². The molecule has 0 aliphatic heterocycles. The van der Waals surface area contributed by atoms with Crippen LogP contribution in [0.4, 0.5) is 22.0 Å².